The summed E-state index contributed by atoms with van der Waals surface area (Å²) in [6.07, 6.45) is 2.90. The monoisotopic (exact) mass is 252 g/mol. The van der Waals surface area contributed by atoms with Gasteiger partial charge in [0.25, 0.3) is 0 Å². The van der Waals surface area contributed by atoms with Crippen molar-refractivity contribution in [2.45, 2.75) is 19.8 Å². The maximum absolute atomic E-state index is 8.89. The summed E-state index contributed by atoms with van der Waals surface area (Å²) < 4.78 is 0. The summed E-state index contributed by atoms with van der Waals surface area (Å²) in [5.74, 6) is 4.96. The number of fused-ring (bicyclic) bond motifs is 1. The molecular formula is C17H20N2. The molecule has 0 amide bonds. The highest BCUT2D eigenvalue weighted by Gasteiger charge is 2.62. The quantitative estimate of drug-likeness (QED) is 0.767. The van der Waals surface area contributed by atoms with Crippen LogP contribution in [0.15, 0.2) is 24.3 Å². The molecule has 3 fully saturated rings. The van der Waals surface area contributed by atoms with E-state index in [2.05, 4.69) is 30.0 Å². The van der Waals surface area contributed by atoms with Crippen molar-refractivity contribution in [1.82, 2.24) is 0 Å². The van der Waals surface area contributed by atoms with Crippen LogP contribution in [0.4, 0.5) is 5.69 Å². The molecule has 0 N–H and O–H groups in total. The fourth-order valence-corrected chi connectivity index (χ4v) is 4.58. The van der Waals surface area contributed by atoms with Gasteiger partial charge in [-0.2, -0.15) is 5.26 Å². The molecule has 2 nitrogen and oxygen atoms in total. The summed E-state index contributed by atoms with van der Waals surface area (Å²) in [7, 11) is 0. The third kappa shape index (κ3) is 1.75. The molecule has 0 spiro atoms. The van der Waals surface area contributed by atoms with Gasteiger partial charge in [-0.3, -0.25) is 0 Å². The van der Waals surface area contributed by atoms with Crippen LogP contribution < -0.4 is 4.90 Å². The van der Waals surface area contributed by atoms with Gasteiger partial charge in [0, 0.05) is 18.8 Å². The van der Waals surface area contributed by atoms with Gasteiger partial charge in [0.2, 0.25) is 0 Å². The van der Waals surface area contributed by atoms with E-state index in [0.717, 1.165) is 35.2 Å². The fourth-order valence-electron chi connectivity index (χ4n) is 4.58. The van der Waals surface area contributed by atoms with Crippen LogP contribution in [-0.2, 0) is 0 Å². The van der Waals surface area contributed by atoms with E-state index in [9.17, 15) is 0 Å². The van der Waals surface area contributed by atoms with Crippen LogP contribution in [0.1, 0.15) is 25.3 Å². The Bertz CT molecular complexity index is 527. The van der Waals surface area contributed by atoms with Crippen molar-refractivity contribution in [1.29, 1.82) is 5.26 Å². The van der Waals surface area contributed by atoms with Crippen LogP contribution in [0, 0.1) is 40.9 Å². The fraction of sp³-hybridized carbons (Fsp3) is 0.588. The van der Waals surface area contributed by atoms with Crippen molar-refractivity contribution in [3.63, 3.8) is 0 Å². The van der Waals surface area contributed by atoms with E-state index in [4.69, 9.17) is 5.26 Å². The summed E-state index contributed by atoms with van der Waals surface area (Å²) in [5.41, 5.74) is 2.06. The molecular weight excluding hydrogens is 232 g/mol. The molecule has 5 unspecified atom stereocenters. The van der Waals surface area contributed by atoms with Crippen LogP contribution >= 0.6 is 0 Å². The van der Waals surface area contributed by atoms with Crippen molar-refractivity contribution >= 4 is 5.69 Å². The van der Waals surface area contributed by atoms with Gasteiger partial charge in [0.15, 0.2) is 0 Å². The largest absolute Gasteiger partial charge is 0.371 e. The van der Waals surface area contributed by atoms with Gasteiger partial charge in [0.1, 0.15) is 0 Å². The number of nitrogens with zero attached hydrogens (tertiary/aromatic N) is 2. The molecule has 1 heterocycles. The molecule has 19 heavy (non-hydrogen) atoms. The molecule has 1 aliphatic heterocycles. The lowest BCUT2D eigenvalue weighted by Gasteiger charge is -2.36. The van der Waals surface area contributed by atoms with Crippen molar-refractivity contribution in [3.8, 4) is 6.07 Å². The first kappa shape index (κ1) is 11.3. The number of nitriles is 1. The molecule has 98 valence electrons. The standard InChI is InChI=1S/C17H20N2/c1-11-6-15-16-7-13(17(15)16)10-19(9-11)14-4-2-12(8-18)3-5-14/h2-5,11,13,15-17H,6-7,9-10H2,1H3. The molecule has 2 saturated carbocycles. The van der Waals surface area contributed by atoms with Crippen LogP contribution in [0.25, 0.3) is 0 Å². The number of anilines is 1. The Morgan fingerprint density at radius 2 is 1.84 bits per heavy atom. The van der Waals surface area contributed by atoms with Crippen LogP contribution in [0.2, 0.25) is 0 Å². The summed E-state index contributed by atoms with van der Waals surface area (Å²) in [4.78, 5) is 2.56. The molecule has 1 saturated heterocycles. The van der Waals surface area contributed by atoms with Gasteiger partial charge < -0.3 is 4.90 Å². The summed E-state index contributed by atoms with van der Waals surface area (Å²) >= 11 is 0. The minimum absolute atomic E-state index is 0.759. The smallest absolute Gasteiger partial charge is 0.0991 e. The molecule has 2 heteroatoms. The Balaban J connectivity index is 1.56. The molecule has 4 rings (SSSR count). The molecule has 2 aliphatic carbocycles. The van der Waals surface area contributed by atoms with Crippen molar-refractivity contribution in [3.05, 3.63) is 29.8 Å². The predicted molar refractivity (Wildman–Crippen MR) is 75.7 cm³/mol. The zero-order valence-corrected chi connectivity index (χ0v) is 11.4. The number of benzene rings is 1. The second kappa shape index (κ2) is 4.00. The zero-order chi connectivity index (χ0) is 13.0. The van der Waals surface area contributed by atoms with Gasteiger partial charge in [-0.05, 0) is 66.7 Å². The van der Waals surface area contributed by atoms with E-state index < -0.39 is 0 Å². The Morgan fingerprint density at radius 1 is 1.11 bits per heavy atom. The van der Waals surface area contributed by atoms with Crippen molar-refractivity contribution in [2.24, 2.45) is 29.6 Å². The highest BCUT2D eigenvalue weighted by atomic mass is 15.1. The topological polar surface area (TPSA) is 27.0 Å². The summed E-state index contributed by atoms with van der Waals surface area (Å²) in [6.45, 7) is 4.81. The number of hydrogen-bond donors (Lipinski definition) is 0. The van der Waals surface area contributed by atoms with Crippen LogP contribution in [0.5, 0.6) is 0 Å². The Morgan fingerprint density at radius 3 is 2.58 bits per heavy atom. The third-order valence-corrected chi connectivity index (χ3v) is 5.54. The van der Waals surface area contributed by atoms with E-state index in [1.54, 1.807) is 0 Å². The first-order chi connectivity index (χ1) is 9.26. The summed E-state index contributed by atoms with van der Waals surface area (Å²) in [6, 6.07) is 10.3. The van der Waals surface area contributed by atoms with E-state index in [1.807, 2.05) is 12.1 Å². The highest BCUT2D eigenvalue weighted by Crippen LogP contribution is 2.67. The van der Waals surface area contributed by atoms with Crippen molar-refractivity contribution in [2.75, 3.05) is 18.0 Å². The molecule has 1 aromatic rings. The maximum atomic E-state index is 8.89. The minimum Gasteiger partial charge on any atom is -0.371 e. The average molecular weight is 252 g/mol. The average Bonchev–Trinajstić information content (AvgIpc) is 2.92. The lowest BCUT2D eigenvalue weighted by Crippen LogP contribution is -2.37. The first-order valence-electron chi connectivity index (χ1n) is 7.51. The Kier molecular flexibility index (Phi) is 2.39. The van der Waals surface area contributed by atoms with Crippen LogP contribution in [-0.4, -0.2) is 13.1 Å². The summed E-state index contributed by atoms with van der Waals surface area (Å²) in [5, 5.41) is 8.89. The Labute approximate surface area is 115 Å². The normalized spacial score (nSPS) is 39.4. The van der Waals surface area contributed by atoms with E-state index in [0.29, 0.717) is 0 Å². The van der Waals surface area contributed by atoms with E-state index in [-0.39, 0.29) is 0 Å². The SMILES string of the molecule is CC1CC2C3CC(CN(c4ccc(C#N)cc4)C1)C23. The molecule has 1 aromatic carbocycles. The molecule has 5 atom stereocenters. The van der Waals surface area contributed by atoms with Crippen molar-refractivity contribution < 1.29 is 0 Å². The number of rotatable bonds is 1. The molecule has 0 aromatic heterocycles. The van der Waals surface area contributed by atoms with Gasteiger partial charge >= 0.3 is 0 Å². The second-order valence-electron chi connectivity index (χ2n) is 6.81. The molecule has 0 bridgehead atoms. The lowest BCUT2D eigenvalue weighted by atomic mass is 9.84. The first-order valence-corrected chi connectivity index (χ1v) is 7.51. The number of hydrogen-bond acceptors (Lipinski definition) is 2. The predicted octanol–water partition coefficient (Wildman–Crippen LogP) is 3.29. The minimum atomic E-state index is 0.759. The lowest BCUT2D eigenvalue weighted by molar-refractivity contribution is 0.281. The van der Waals surface area contributed by atoms with Gasteiger partial charge in [-0.1, -0.05) is 6.92 Å². The molecule has 3 aliphatic rings. The van der Waals surface area contributed by atoms with Gasteiger partial charge in [0.05, 0.1) is 11.6 Å². The van der Waals surface area contributed by atoms with E-state index >= 15 is 0 Å². The zero-order valence-electron chi connectivity index (χ0n) is 11.4. The van der Waals surface area contributed by atoms with Crippen LogP contribution in [0.3, 0.4) is 0 Å². The van der Waals surface area contributed by atoms with Gasteiger partial charge in [-0.15, -0.1) is 0 Å². The second-order valence-corrected chi connectivity index (χ2v) is 6.81. The highest BCUT2D eigenvalue weighted by molar-refractivity contribution is 5.50. The Hall–Kier alpha value is -1.49. The van der Waals surface area contributed by atoms with E-state index in [1.165, 1.54) is 31.6 Å². The molecule has 0 radical (unpaired) electrons. The third-order valence-electron chi connectivity index (χ3n) is 5.54. The van der Waals surface area contributed by atoms with Gasteiger partial charge in [-0.25, -0.2) is 0 Å². The maximum Gasteiger partial charge on any atom is 0.0991 e.